The molecule has 1 aromatic heterocycles. The van der Waals surface area contributed by atoms with E-state index in [4.69, 9.17) is 4.74 Å². The Morgan fingerprint density at radius 1 is 0.885 bits per heavy atom. The Hall–Kier alpha value is -2.48. The fourth-order valence-electron chi connectivity index (χ4n) is 2.94. The Morgan fingerprint density at radius 3 is 2.27 bits per heavy atom. The molecule has 1 saturated heterocycles. The third kappa shape index (κ3) is 3.29. The predicted octanol–water partition coefficient (Wildman–Crippen LogP) is 2.56. The summed E-state index contributed by atoms with van der Waals surface area (Å²) in [5.41, 5.74) is 2.65. The molecule has 1 aliphatic rings. The van der Waals surface area contributed by atoms with Crippen LogP contribution < -0.4 is 0 Å². The molecule has 0 bridgehead atoms. The third-order valence-corrected chi connectivity index (χ3v) is 6.28. The number of benzene rings is 2. The van der Waals surface area contributed by atoms with Crippen LogP contribution in [-0.2, 0) is 14.8 Å². The molecule has 0 N–H and O–H groups in total. The number of morpholine rings is 1. The van der Waals surface area contributed by atoms with Crippen LogP contribution in [0.15, 0.2) is 71.8 Å². The fraction of sp³-hybridized carbons (Fsp3) is 0.211. The first-order valence-electron chi connectivity index (χ1n) is 8.44. The van der Waals surface area contributed by atoms with E-state index >= 15 is 0 Å². The number of rotatable bonds is 4. The van der Waals surface area contributed by atoms with Crippen molar-refractivity contribution in [2.75, 3.05) is 26.3 Å². The number of para-hydroxylation sites is 1. The summed E-state index contributed by atoms with van der Waals surface area (Å²) in [5, 5.41) is 4.57. The SMILES string of the molecule is O=S(=O)(c1ccc(-c2ccn(-c3ccccc3)n2)cc1)N1CCOCC1. The average Bonchev–Trinajstić information content (AvgIpc) is 3.20. The lowest BCUT2D eigenvalue weighted by atomic mass is 10.2. The van der Waals surface area contributed by atoms with Crippen molar-refractivity contribution in [1.82, 2.24) is 14.1 Å². The van der Waals surface area contributed by atoms with Crippen molar-refractivity contribution in [2.24, 2.45) is 0 Å². The Labute approximate surface area is 152 Å². The first-order chi connectivity index (χ1) is 12.6. The topological polar surface area (TPSA) is 64.4 Å². The smallest absolute Gasteiger partial charge is 0.243 e. The first-order valence-corrected chi connectivity index (χ1v) is 9.88. The van der Waals surface area contributed by atoms with Gasteiger partial charge in [-0.3, -0.25) is 0 Å². The Bertz CT molecular complexity index is 976. The van der Waals surface area contributed by atoms with Crippen molar-refractivity contribution < 1.29 is 13.2 Å². The van der Waals surface area contributed by atoms with Gasteiger partial charge in [-0.25, -0.2) is 13.1 Å². The van der Waals surface area contributed by atoms with E-state index in [9.17, 15) is 8.42 Å². The lowest BCUT2D eigenvalue weighted by Crippen LogP contribution is -2.40. The van der Waals surface area contributed by atoms with E-state index in [1.54, 1.807) is 28.9 Å². The van der Waals surface area contributed by atoms with Crippen LogP contribution in [0.2, 0.25) is 0 Å². The molecule has 0 amide bonds. The highest BCUT2D eigenvalue weighted by Gasteiger charge is 2.26. The maximum absolute atomic E-state index is 12.7. The molecule has 1 fully saturated rings. The molecule has 0 saturated carbocycles. The zero-order valence-corrected chi connectivity index (χ0v) is 15.0. The number of hydrogen-bond donors (Lipinski definition) is 0. The minimum absolute atomic E-state index is 0.297. The molecule has 0 unspecified atom stereocenters. The minimum atomic E-state index is -3.47. The van der Waals surface area contributed by atoms with Crippen molar-refractivity contribution in [3.8, 4) is 16.9 Å². The molecule has 26 heavy (non-hydrogen) atoms. The van der Waals surface area contributed by atoms with Gasteiger partial charge in [0.1, 0.15) is 0 Å². The van der Waals surface area contributed by atoms with Crippen LogP contribution >= 0.6 is 0 Å². The first kappa shape index (κ1) is 17.0. The summed E-state index contributed by atoms with van der Waals surface area (Å²) in [7, 11) is -3.47. The van der Waals surface area contributed by atoms with Gasteiger partial charge in [-0.05, 0) is 30.3 Å². The maximum Gasteiger partial charge on any atom is 0.243 e. The minimum Gasteiger partial charge on any atom is -0.379 e. The highest BCUT2D eigenvalue weighted by atomic mass is 32.2. The number of aromatic nitrogens is 2. The summed E-state index contributed by atoms with van der Waals surface area (Å²) < 4.78 is 33.8. The van der Waals surface area contributed by atoms with Crippen molar-refractivity contribution in [3.05, 3.63) is 66.9 Å². The third-order valence-electron chi connectivity index (χ3n) is 4.37. The van der Waals surface area contributed by atoms with Crippen molar-refractivity contribution in [1.29, 1.82) is 0 Å². The molecule has 134 valence electrons. The second-order valence-electron chi connectivity index (χ2n) is 6.02. The number of ether oxygens (including phenoxy) is 1. The Balaban J connectivity index is 1.57. The Morgan fingerprint density at radius 2 is 1.58 bits per heavy atom. The lowest BCUT2D eigenvalue weighted by molar-refractivity contribution is 0.0730. The molecule has 1 aliphatic heterocycles. The summed E-state index contributed by atoms with van der Waals surface area (Å²) in [5.74, 6) is 0. The molecule has 3 aromatic rings. The lowest BCUT2D eigenvalue weighted by Gasteiger charge is -2.26. The van der Waals surface area contributed by atoms with Crippen LogP contribution in [0.1, 0.15) is 0 Å². The van der Waals surface area contributed by atoms with Gasteiger partial charge in [0.05, 0.1) is 29.5 Å². The van der Waals surface area contributed by atoms with Gasteiger partial charge >= 0.3 is 0 Å². The molecular weight excluding hydrogens is 350 g/mol. The van der Waals surface area contributed by atoms with E-state index in [0.29, 0.717) is 31.2 Å². The van der Waals surface area contributed by atoms with Gasteiger partial charge in [-0.15, -0.1) is 0 Å². The van der Waals surface area contributed by atoms with Crippen LogP contribution in [0.4, 0.5) is 0 Å². The predicted molar refractivity (Wildman–Crippen MR) is 98.6 cm³/mol. The largest absolute Gasteiger partial charge is 0.379 e. The number of sulfonamides is 1. The standard InChI is InChI=1S/C19H19N3O3S/c23-26(24,21-12-14-25-15-13-21)18-8-6-16(7-9-18)19-10-11-22(20-19)17-4-2-1-3-5-17/h1-11H,12-15H2. The van der Waals surface area contributed by atoms with Gasteiger partial charge in [0.2, 0.25) is 10.0 Å². The summed E-state index contributed by atoms with van der Waals surface area (Å²) in [6, 6.07) is 18.6. The number of hydrogen-bond acceptors (Lipinski definition) is 4. The van der Waals surface area contributed by atoms with Gasteiger partial charge in [0.15, 0.2) is 0 Å². The summed E-state index contributed by atoms with van der Waals surface area (Å²) in [6.45, 7) is 1.67. The fourth-order valence-corrected chi connectivity index (χ4v) is 4.34. The quantitative estimate of drug-likeness (QED) is 0.709. The molecule has 2 heterocycles. The van der Waals surface area contributed by atoms with Crippen molar-refractivity contribution in [3.63, 3.8) is 0 Å². The van der Waals surface area contributed by atoms with Crippen molar-refractivity contribution >= 4 is 10.0 Å². The van der Waals surface area contributed by atoms with E-state index in [2.05, 4.69) is 5.10 Å². The second-order valence-corrected chi connectivity index (χ2v) is 7.96. The summed E-state index contributed by atoms with van der Waals surface area (Å²) >= 11 is 0. The molecule has 0 atom stereocenters. The van der Waals surface area contributed by atoms with Crippen LogP contribution in [0.3, 0.4) is 0 Å². The molecule has 0 radical (unpaired) electrons. The van der Waals surface area contributed by atoms with E-state index < -0.39 is 10.0 Å². The van der Waals surface area contributed by atoms with E-state index in [0.717, 1.165) is 16.9 Å². The van der Waals surface area contributed by atoms with Gasteiger partial charge in [0.25, 0.3) is 0 Å². The summed E-state index contributed by atoms with van der Waals surface area (Å²) in [4.78, 5) is 0.297. The zero-order chi connectivity index (χ0) is 18.0. The Kier molecular flexibility index (Phi) is 4.58. The van der Waals surface area contributed by atoms with Crippen LogP contribution in [0, 0.1) is 0 Å². The second kappa shape index (κ2) is 7.03. The monoisotopic (exact) mass is 369 g/mol. The molecule has 0 aliphatic carbocycles. The van der Waals surface area contributed by atoms with E-state index in [1.165, 1.54) is 4.31 Å². The van der Waals surface area contributed by atoms with Gasteiger partial charge in [-0.1, -0.05) is 30.3 Å². The van der Waals surface area contributed by atoms with Gasteiger partial charge in [0, 0.05) is 24.8 Å². The highest BCUT2D eigenvalue weighted by Crippen LogP contribution is 2.23. The van der Waals surface area contributed by atoms with Crippen molar-refractivity contribution in [2.45, 2.75) is 4.90 Å². The molecule has 4 rings (SSSR count). The molecule has 0 spiro atoms. The molecule has 6 nitrogen and oxygen atoms in total. The maximum atomic E-state index is 12.7. The van der Waals surface area contributed by atoms with Crippen LogP contribution in [0.25, 0.3) is 16.9 Å². The summed E-state index contributed by atoms with van der Waals surface area (Å²) in [6.07, 6.45) is 1.89. The van der Waals surface area contributed by atoms with Gasteiger partial charge < -0.3 is 4.74 Å². The molecular formula is C19H19N3O3S. The normalized spacial score (nSPS) is 15.8. The molecule has 2 aromatic carbocycles. The highest BCUT2D eigenvalue weighted by molar-refractivity contribution is 7.89. The average molecular weight is 369 g/mol. The molecule has 7 heteroatoms. The zero-order valence-electron chi connectivity index (χ0n) is 14.2. The van der Waals surface area contributed by atoms with Crippen LogP contribution in [0.5, 0.6) is 0 Å². The van der Waals surface area contributed by atoms with Crippen LogP contribution in [-0.4, -0.2) is 48.8 Å². The van der Waals surface area contributed by atoms with Gasteiger partial charge in [-0.2, -0.15) is 9.40 Å². The number of nitrogens with zero attached hydrogens (tertiary/aromatic N) is 3. The van der Waals surface area contributed by atoms with E-state index in [1.807, 2.05) is 42.6 Å². The van der Waals surface area contributed by atoms with E-state index in [-0.39, 0.29) is 0 Å².